The molecule has 3 aromatic rings. The van der Waals surface area contributed by atoms with E-state index in [9.17, 15) is 13.2 Å². The lowest BCUT2D eigenvalue weighted by molar-refractivity contribution is 0.0956. The lowest BCUT2D eigenvalue weighted by Crippen LogP contribution is -2.30. The van der Waals surface area contributed by atoms with Crippen LogP contribution in [0.2, 0.25) is 5.02 Å². The van der Waals surface area contributed by atoms with Crippen molar-refractivity contribution in [1.82, 2.24) is 5.32 Å². The molecule has 0 aliphatic heterocycles. The Balaban J connectivity index is 1.55. The van der Waals surface area contributed by atoms with Crippen LogP contribution in [0.15, 0.2) is 66.7 Å². The molecule has 1 N–H and O–H groups in total. The predicted octanol–water partition coefficient (Wildman–Crippen LogP) is 5.59. The molecule has 0 bridgehead atoms. The largest absolute Gasteiger partial charge is 0.351 e. The van der Waals surface area contributed by atoms with Gasteiger partial charge in [-0.05, 0) is 66.4 Å². The summed E-state index contributed by atoms with van der Waals surface area (Å²) in [6.07, 6.45) is 1.21. The van der Waals surface area contributed by atoms with E-state index in [1.165, 1.54) is 16.1 Å². The summed E-state index contributed by atoms with van der Waals surface area (Å²) in [6, 6.07) is 20.6. The van der Waals surface area contributed by atoms with E-state index in [1.54, 1.807) is 36.0 Å². The second-order valence-electron chi connectivity index (χ2n) is 8.19. The molecule has 0 aliphatic carbocycles. The average molecular weight is 517 g/mol. The zero-order valence-electron chi connectivity index (χ0n) is 19.5. The van der Waals surface area contributed by atoms with Gasteiger partial charge in [0.05, 0.1) is 18.5 Å². The highest BCUT2D eigenvalue weighted by Gasteiger charge is 2.20. The number of benzene rings is 3. The number of nitrogens with one attached hydrogen (secondary N) is 1. The predicted molar refractivity (Wildman–Crippen MR) is 143 cm³/mol. The second kappa shape index (κ2) is 11.8. The van der Waals surface area contributed by atoms with Crippen LogP contribution in [0.3, 0.4) is 0 Å². The maximum Gasteiger partial charge on any atom is 0.251 e. The van der Waals surface area contributed by atoms with Gasteiger partial charge in [0.25, 0.3) is 5.91 Å². The fourth-order valence-electron chi connectivity index (χ4n) is 3.41. The Morgan fingerprint density at radius 2 is 1.62 bits per heavy atom. The van der Waals surface area contributed by atoms with Crippen LogP contribution in [-0.2, 0) is 22.3 Å². The van der Waals surface area contributed by atoms with Gasteiger partial charge in [-0.25, -0.2) is 8.42 Å². The molecule has 34 heavy (non-hydrogen) atoms. The first-order valence-electron chi connectivity index (χ1n) is 10.9. The van der Waals surface area contributed by atoms with Gasteiger partial charge >= 0.3 is 0 Å². The first-order valence-corrected chi connectivity index (χ1v) is 14.3. The molecule has 0 unspecified atom stereocenters. The minimum Gasteiger partial charge on any atom is -0.351 e. The van der Waals surface area contributed by atoms with E-state index in [-0.39, 0.29) is 12.5 Å². The number of carbonyl (C=O) groups is 1. The van der Waals surface area contributed by atoms with Gasteiger partial charge in [0.15, 0.2) is 0 Å². The monoisotopic (exact) mass is 516 g/mol. The standard InChI is InChI=1S/C26H29ClN2O3S2/c1-19-4-5-20(2)25(16-19)29(34(3,31)32)17-21-6-10-23(11-7-21)26(30)28-14-15-33-18-22-8-12-24(27)13-9-22/h4-13,16H,14-15,17-18H2,1-3H3,(H,28,30). The van der Waals surface area contributed by atoms with Gasteiger partial charge in [0.2, 0.25) is 10.0 Å². The van der Waals surface area contributed by atoms with E-state index in [0.29, 0.717) is 17.8 Å². The molecule has 0 saturated carbocycles. The van der Waals surface area contributed by atoms with E-state index in [4.69, 9.17) is 11.6 Å². The summed E-state index contributed by atoms with van der Waals surface area (Å²) in [7, 11) is -3.48. The van der Waals surface area contributed by atoms with E-state index < -0.39 is 10.0 Å². The third kappa shape index (κ3) is 7.52. The molecule has 8 heteroatoms. The van der Waals surface area contributed by atoms with Gasteiger partial charge in [-0.15, -0.1) is 0 Å². The van der Waals surface area contributed by atoms with Gasteiger partial charge in [-0.3, -0.25) is 9.10 Å². The SMILES string of the molecule is Cc1ccc(C)c(N(Cc2ccc(C(=O)NCCSCc3ccc(Cl)cc3)cc2)S(C)(=O)=O)c1. The highest BCUT2D eigenvalue weighted by Crippen LogP contribution is 2.26. The Kier molecular flexibility index (Phi) is 9.05. The molecule has 0 aromatic heterocycles. The number of rotatable bonds is 10. The van der Waals surface area contributed by atoms with Crippen LogP contribution in [-0.4, -0.2) is 32.9 Å². The van der Waals surface area contributed by atoms with Crippen molar-refractivity contribution >= 4 is 45.0 Å². The fourth-order valence-corrected chi connectivity index (χ4v) is 5.29. The Labute approximate surface area is 211 Å². The molecule has 0 spiro atoms. The summed E-state index contributed by atoms with van der Waals surface area (Å²) in [4.78, 5) is 12.5. The molecule has 3 rings (SSSR count). The lowest BCUT2D eigenvalue weighted by atomic mass is 10.1. The number of thioether (sulfide) groups is 1. The minimum atomic E-state index is -3.48. The van der Waals surface area contributed by atoms with Gasteiger partial charge in [-0.1, -0.05) is 48.0 Å². The number of carbonyl (C=O) groups excluding carboxylic acids is 1. The quantitative estimate of drug-likeness (QED) is 0.357. The van der Waals surface area contributed by atoms with E-state index in [0.717, 1.165) is 33.2 Å². The molecule has 0 saturated heterocycles. The van der Waals surface area contributed by atoms with Crippen LogP contribution in [0.25, 0.3) is 0 Å². The molecule has 0 atom stereocenters. The number of aryl methyl sites for hydroxylation is 2. The van der Waals surface area contributed by atoms with Crippen molar-refractivity contribution in [2.45, 2.75) is 26.1 Å². The second-order valence-corrected chi connectivity index (χ2v) is 11.6. The van der Waals surface area contributed by atoms with Gasteiger partial charge in [-0.2, -0.15) is 11.8 Å². The van der Waals surface area contributed by atoms with Crippen LogP contribution in [0.5, 0.6) is 0 Å². The Bertz CT molecular complexity index is 1230. The molecule has 0 aliphatic rings. The normalized spacial score (nSPS) is 11.3. The number of amides is 1. The Morgan fingerprint density at radius 1 is 0.971 bits per heavy atom. The summed E-state index contributed by atoms with van der Waals surface area (Å²) >= 11 is 7.64. The van der Waals surface area contributed by atoms with Crippen molar-refractivity contribution in [1.29, 1.82) is 0 Å². The number of halogens is 1. The van der Waals surface area contributed by atoms with Crippen molar-refractivity contribution < 1.29 is 13.2 Å². The van der Waals surface area contributed by atoms with Gasteiger partial charge in [0.1, 0.15) is 0 Å². The number of nitrogens with zero attached hydrogens (tertiary/aromatic N) is 1. The van der Waals surface area contributed by atoms with Gasteiger partial charge < -0.3 is 5.32 Å². The fraction of sp³-hybridized carbons (Fsp3) is 0.269. The molecule has 1 amide bonds. The van der Waals surface area contributed by atoms with Crippen LogP contribution in [0.4, 0.5) is 5.69 Å². The average Bonchev–Trinajstić information content (AvgIpc) is 2.80. The van der Waals surface area contributed by atoms with E-state index >= 15 is 0 Å². The van der Waals surface area contributed by atoms with Crippen LogP contribution >= 0.6 is 23.4 Å². The first-order chi connectivity index (χ1) is 16.1. The third-order valence-electron chi connectivity index (χ3n) is 5.29. The highest BCUT2D eigenvalue weighted by molar-refractivity contribution is 7.98. The van der Waals surface area contributed by atoms with Crippen LogP contribution in [0, 0.1) is 13.8 Å². The maximum absolute atomic E-state index is 12.5. The van der Waals surface area contributed by atoms with Crippen molar-refractivity contribution in [3.63, 3.8) is 0 Å². The molecule has 0 heterocycles. The Hall–Kier alpha value is -2.48. The minimum absolute atomic E-state index is 0.145. The highest BCUT2D eigenvalue weighted by atomic mass is 35.5. The summed E-state index contributed by atoms with van der Waals surface area (Å²) in [5.74, 6) is 1.51. The van der Waals surface area contributed by atoms with E-state index in [1.807, 2.05) is 56.3 Å². The molecule has 3 aromatic carbocycles. The first kappa shape index (κ1) is 26.1. The molecular formula is C26H29ClN2O3S2. The summed E-state index contributed by atoms with van der Waals surface area (Å²) < 4.78 is 26.4. The van der Waals surface area contributed by atoms with Crippen molar-refractivity contribution in [3.8, 4) is 0 Å². The van der Waals surface area contributed by atoms with Crippen molar-refractivity contribution in [3.05, 3.63) is 99.6 Å². The lowest BCUT2D eigenvalue weighted by Gasteiger charge is -2.25. The smallest absolute Gasteiger partial charge is 0.251 e. The van der Waals surface area contributed by atoms with Gasteiger partial charge in [0, 0.05) is 28.6 Å². The van der Waals surface area contributed by atoms with Crippen LogP contribution < -0.4 is 9.62 Å². The van der Waals surface area contributed by atoms with Crippen LogP contribution in [0.1, 0.15) is 32.6 Å². The van der Waals surface area contributed by atoms with Crippen molar-refractivity contribution in [2.75, 3.05) is 22.9 Å². The topological polar surface area (TPSA) is 66.5 Å². The van der Waals surface area contributed by atoms with E-state index in [2.05, 4.69) is 5.32 Å². The third-order valence-corrected chi connectivity index (χ3v) is 7.70. The number of hydrogen-bond acceptors (Lipinski definition) is 4. The zero-order chi connectivity index (χ0) is 24.7. The maximum atomic E-state index is 12.5. The molecule has 5 nitrogen and oxygen atoms in total. The zero-order valence-corrected chi connectivity index (χ0v) is 21.9. The van der Waals surface area contributed by atoms with Crippen molar-refractivity contribution in [2.24, 2.45) is 0 Å². The molecule has 180 valence electrons. The summed E-state index contributed by atoms with van der Waals surface area (Å²) in [6.45, 7) is 4.60. The molecule has 0 radical (unpaired) electrons. The summed E-state index contributed by atoms with van der Waals surface area (Å²) in [5.41, 5.74) is 5.10. The summed E-state index contributed by atoms with van der Waals surface area (Å²) in [5, 5.41) is 3.65. The number of hydrogen-bond donors (Lipinski definition) is 1. The Morgan fingerprint density at radius 3 is 2.26 bits per heavy atom. The molecule has 0 fully saturated rings. The number of anilines is 1. The molecular weight excluding hydrogens is 488 g/mol. The number of sulfonamides is 1.